The number of rotatable bonds is 8. The molecule has 1 N–H and O–H groups in total. The summed E-state index contributed by atoms with van der Waals surface area (Å²) in [5, 5.41) is 11.9. The Hall–Kier alpha value is -2.15. The average molecular weight is 345 g/mol. The predicted octanol–water partition coefficient (Wildman–Crippen LogP) is 4.08. The molecule has 0 unspecified atom stereocenters. The summed E-state index contributed by atoms with van der Waals surface area (Å²) >= 11 is 1.59. The van der Waals surface area contributed by atoms with E-state index < -0.39 is 0 Å². The summed E-state index contributed by atoms with van der Waals surface area (Å²) in [5.41, 5.74) is 1.65. The Balaban J connectivity index is 1.39. The van der Waals surface area contributed by atoms with Gasteiger partial charge < -0.3 is 0 Å². The molecule has 0 radical (unpaired) electrons. The second-order valence-corrected chi connectivity index (χ2v) is 6.70. The molecule has 0 bridgehead atoms. The molecule has 0 saturated heterocycles. The molecule has 5 nitrogen and oxygen atoms in total. The summed E-state index contributed by atoms with van der Waals surface area (Å²) in [4.78, 5) is 4.35. The summed E-state index contributed by atoms with van der Waals surface area (Å²) in [7, 11) is 0. The van der Waals surface area contributed by atoms with Crippen LogP contribution in [-0.2, 0) is 6.54 Å². The highest BCUT2D eigenvalue weighted by Gasteiger charge is 2.09. The number of benzene rings is 1. The van der Waals surface area contributed by atoms with Crippen LogP contribution in [0.25, 0.3) is 11.4 Å². The number of nitrogens with one attached hydrogen (secondary N) is 1. The molecule has 0 atom stereocenters. The van der Waals surface area contributed by atoms with Gasteiger partial charge in [-0.2, -0.15) is 5.10 Å². The van der Waals surface area contributed by atoms with Crippen LogP contribution in [0, 0.1) is 12.7 Å². The fourth-order valence-electron chi connectivity index (χ4n) is 2.39. The predicted molar refractivity (Wildman–Crippen MR) is 93.3 cm³/mol. The number of nitrogens with zero attached hydrogens (tertiary/aromatic N) is 4. The van der Waals surface area contributed by atoms with Crippen LogP contribution in [-0.4, -0.2) is 30.7 Å². The summed E-state index contributed by atoms with van der Waals surface area (Å²) in [6.45, 7) is 3.00. The van der Waals surface area contributed by atoms with Gasteiger partial charge in [0.2, 0.25) is 5.16 Å². The molecule has 1 aromatic carbocycles. The van der Waals surface area contributed by atoms with E-state index in [-0.39, 0.29) is 5.82 Å². The number of hydrogen-bond donors (Lipinski definition) is 1. The second-order valence-electron chi connectivity index (χ2n) is 5.64. The first-order chi connectivity index (χ1) is 11.7. The fourth-order valence-corrected chi connectivity index (χ4v) is 3.19. The van der Waals surface area contributed by atoms with E-state index in [0.717, 1.165) is 31.6 Å². The zero-order chi connectivity index (χ0) is 16.8. The Morgan fingerprint density at radius 3 is 2.88 bits per heavy atom. The van der Waals surface area contributed by atoms with Crippen LogP contribution < -0.4 is 0 Å². The molecule has 24 heavy (non-hydrogen) atoms. The normalized spacial score (nSPS) is 11.1. The number of aromatic amines is 1. The Morgan fingerprint density at radius 1 is 1.21 bits per heavy atom. The van der Waals surface area contributed by atoms with Crippen LogP contribution in [0.1, 0.15) is 24.8 Å². The van der Waals surface area contributed by atoms with Crippen molar-refractivity contribution in [1.29, 1.82) is 0 Å². The maximum atomic E-state index is 13.7. The largest absolute Gasteiger partial charge is 0.272 e. The lowest BCUT2D eigenvalue weighted by Gasteiger charge is -2.01. The van der Waals surface area contributed by atoms with Crippen molar-refractivity contribution in [1.82, 2.24) is 25.0 Å². The van der Waals surface area contributed by atoms with Crippen LogP contribution in [0.15, 0.2) is 41.8 Å². The van der Waals surface area contributed by atoms with E-state index in [2.05, 4.69) is 26.5 Å². The van der Waals surface area contributed by atoms with Crippen LogP contribution >= 0.6 is 11.8 Å². The van der Waals surface area contributed by atoms with Crippen LogP contribution in [0.4, 0.5) is 4.39 Å². The molecule has 0 saturated carbocycles. The molecule has 0 fully saturated rings. The van der Waals surface area contributed by atoms with E-state index in [1.165, 1.54) is 11.6 Å². The van der Waals surface area contributed by atoms with Gasteiger partial charge in [0.1, 0.15) is 5.82 Å². The first-order valence-electron chi connectivity index (χ1n) is 8.01. The highest BCUT2D eigenvalue weighted by atomic mass is 32.2. The van der Waals surface area contributed by atoms with Gasteiger partial charge in [-0.25, -0.2) is 9.37 Å². The van der Waals surface area contributed by atoms with Crippen molar-refractivity contribution in [2.75, 3.05) is 5.75 Å². The maximum Gasteiger partial charge on any atom is 0.208 e. The minimum atomic E-state index is -0.293. The van der Waals surface area contributed by atoms with Gasteiger partial charge in [0.25, 0.3) is 0 Å². The Bertz CT molecular complexity index is 783. The molecule has 0 spiro atoms. The number of hydrogen-bond acceptors (Lipinski definition) is 4. The summed E-state index contributed by atoms with van der Waals surface area (Å²) < 4.78 is 15.7. The van der Waals surface area contributed by atoms with Gasteiger partial charge in [0.05, 0.1) is 11.8 Å². The van der Waals surface area contributed by atoms with Crippen molar-refractivity contribution < 1.29 is 4.39 Å². The molecule has 0 amide bonds. The smallest absolute Gasteiger partial charge is 0.208 e. The molecule has 3 aromatic rings. The number of aryl methyl sites for hydroxylation is 2. The highest BCUT2D eigenvalue weighted by molar-refractivity contribution is 7.99. The zero-order valence-electron chi connectivity index (χ0n) is 13.6. The standard InChI is InChI=1S/C17H20FN5S/c1-13-11-19-23(12-13)9-5-2-6-10-24-17-20-16(21-22-17)14-7-3-4-8-15(14)18/h3-4,7-8,11-12H,2,5-6,9-10H2,1H3,(H,20,21,22). The van der Waals surface area contributed by atoms with E-state index in [4.69, 9.17) is 0 Å². The Kier molecular flexibility index (Phi) is 5.63. The lowest BCUT2D eigenvalue weighted by molar-refractivity contribution is 0.554. The maximum absolute atomic E-state index is 13.7. The summed E-state index contributed by atoms with van der Waals surface area (Å²) in [6.07, 6.45) is 7.28. The van der Waals surface area contributed by atoms with E-state index in [1.54, 1.807) is 30.0 Å². The van der Waals surface area contributed by atoms with Crippen molar-refractivity contribution in [2.24, 2.45) is 0 Å². The first-order valence-corrected chi connectivity index (χ1v) is 9.00. The molecule has 3 rings (SSSR count). The molecule has 0 aliphatic carbocycles. The molecule has 0 aliphatic heterocycles. The minimum absolute atomic E-state index is 0.293. The number of H-pyrrole nitrogens is 1. The third-order valence-corrected chi connectivity index (χ3v) is 4.55. The van der Waals surface area contributed by atoms with Gasteiger partial charge in [0.15, 0.2) is 5.82 Å². The fraction of sp³-hybridized carbons (Fsp3) is 0.353. The van der Waals surface area contributed by atoms with Gasteiger partial charge in [-0.1, -0.05) is 30.3 Å². The molecular formula is C17H20FN5S. The number of halogens is 1. The Morgan fingerprint density at radius 2 is 2.08 bits per heavy atom. The molecule has 2 heterocycles. The quantitative estimate of drug-likeness (QED) is 0.494. The van der Waals surface area contributed by atoms with Crippen molar-refractivity contribution in [2.45, 2.75) is 37.9 Å². The number of unbranched alkanes of at least 4 members (excludes halogenated alkanes) is 2. The molecule has 126 valence electrons. The molecule has 2 aromatic heterocycles. The lowest BCUT2D eigenvalue weighted by Crippen LogP contribution is -1.98. The SMILES string of the molecule is Cc1cnn(CCCCCSc2n[nH]c(-c3ccccc3F)n2)c1. The zero-order valence-corrected chi connectivity index (χ0v) is 14.4. The monoisotopic (exact) mass is 345 g/mol. The van der Waals surface area contributed by atoms with Gasteiger partial charge in [0, 0.05) is 18.5 Å². The van der Waals surface area contributed by atoms with Gasteiger partial charge in [-0.05, 0) is 37.5 Å². The van der Waals surface area contributed by atoms with Crippen LogP contribution in [0.3, 0.4) is 0 Å². The van der Waals surface area contributed by atoms with Crippen LogP contribution in [0.5, 0.6) is 0 Å². The van der Waals surface area contributed by atoms with Crippen molar-refractivity contribution >= 4 is 11.8 Å². The molecule has 0 aliphatic rings. The molecule has 7 heteroatoms. The minimum Gasteiger partial charge on any atom is -0.272 e. The van der Waals surface area contributed by atoms with Crippen molar-refractivity contribution in [3.05, 3.63) is 48.0 Å². The van der Waals surface area contributed by atoms with E-state index in [1.807, 2.05) is 17.8 Å². The van der Waals surface area contributed by atoms with Gasteiger partial charge in [-0.15, -0.1) is 5.10 Å². The average Bonchev–Trinajstić information content (AvgIpc) is 3.20. The number of aromatic nitrogens is 5. The van der Waals surface area contributed by atoms with Gasteiger partial charge >= 0.3 is 0 Å². The van der Waals surface area contributed by atoms with Crippen LogP contribution in [0.2, 0.25) is 0 Å². The third kappa shape index (κ3) is 4.44. The van der Waals surface area contributed by atoms with E-state index in [9.17, 15) is 4.39 Å². The van der Waals surface area contributed by atoms with Crippen molar-refractivity contribution in [3.8, 4) is 11.4 Å². The topological polar surface area (TPSA) is 59.4 Å². The first kappa shape index (κ1) is 16.7. The molecular weight excluding hydrogens is 325 g/mol. The highest BCUT2D eigenvalue weighted by Crippen LogP contribution is 2.22. The summed E-state index contributed by atoms with van der Waals surface area (Å²) in [6, 6.07) is 6.57. The third-order valence-electron chi connectivity index (χ3n) is 3.62. The summed E-state index contributed by atoms with van der Waals surface area (Å²) in [5.74, 6) is 1.14. The van der Waals surface area contributed by atoms with E-state index in [0.29, 0.717) is 16.5 Å². The number of thioether (sulfide) groups is 1. The lowest BCUT2D eigenvalue weighted by atomic mass is 10.2. The van der Waals surface area contributed by atoms with E-state index >= 15 is 0 Å². The Labute approximate surface area is 144 Å². The van der Waals surface area contributed by atoms with Crippen molar-refractivity contribution in [3.63, 3.8) is 0 Å². The van der Waals surface area contributed by atoms with Gasteiger partial charge in [-0.3, -0.25) is 9.78 Å². The second kappa shape index (κ2) is 8.10.